The second-order valence-corrected chi connectivity index (χ2v) is 8.06. The smallest absolute Gasteiger partial charge is 0.188 e. The van der Waals surface area contributed by atoms with Crippen LogP contribution >= 0.6 is 11.3 Å². The predicted octanol–water partition coefficient (Wildman–Crippen LogP) is 4.11. The molecule has 0 unspecified atom stereocenters. The van der Waals surface area contributed by atoms with Gasteiger partial charge in [0.25, 0.3) is 0 Å². The second kappa shape index (κ2) is 7.44. The molecule has 0 aliphatic rings. The lowest BCUT2D eigenvalue weighted by Crippen LogP contribution is -2.06. The molecule has 0 saturated carbocycles. The van der Waals surface area contributed by atoms with Crippen LogP contribution in [-0.2, 0) is 9.84 Å². The van der Waals surface area contributed by atoms with Crippen molar-refractivity contribution in [3.8, 4) is 22.3 Å². The van der Waals surface area contributed by atoms with Gasteiger partial charge in [-0.1, -0.05) is 6.92 Å². The van der Waals surface area contributed by atoms with Gasteiger partial charge in [-0.05, 0) is 54.5 Å². The van der Waals surface area contributed by atoms with Crippen LogP contribution in [0.1, 0.15) is 18.2 Å². The predicted molar refractivity (Wildman–Crippen MR) is 94.0 cm³/mol. The van der Waals surface area contributed by atoms with Crippen LogP contribution in [0.3, 0.4) is 0 Å². The van der Waals surface area contributed by atoms with Gasteiger partial charge in [-0.3, -0.25) is 0 Å². The first-order valence-corrected chi connectivity index (χ1v) is 9.56. The van der Waals surface area contributed by atoms with Crippen LogP contribution in [0.25, 0.3) is 16.5 Å². The Labute approximate surface area is 140 Å². The number of nitrogens with zero attached hydrogens (tertiary/aromatic N) is 1. The van der Waals surface area contributed by atoms with Crippen molar-refractivity contribution in [2.75, 3.05) is 12.9 Å². The lowest BCUT2D eigenvalue weighted by atomic mass is 10.2. The van der Waals surface area contributed by atoms with E-state index in [2.05, 4.69) is 0 Å². The average molecular weight is 347 g/mol. The number of benzene rings is 1. The number of methoxy groups -OCH3 is 1. The molecule has 1 aromatic heterocycles. The fourth-order valence-corrected chi connectivity index (χ4v) is 4.27. The molecule has 0 N–H and O–H groups in total. The molecule has 0 aliphatic carbocycles. The van der Waals surface area contributed by atoms with Crippen molar-refractivity contribution in [3.63, 3.8) is 0 Å². The van der Waals surface area contributed by atoms with Crippen molar-refractivity contribution in [3.05, 3.63) is 46.2 Å². The first-order valence-electron chi connectivity index (χ1n) is 7.09. The Balaban J connectivity index is 2.31. The number of hydrogen-bond donors (Lipinski definition) is 0. The van der Waals surface area contributed by atoms with E-state index in [0.717, 1.165) is 21.1 Å². The van der Waals surface area contributed by atoms with Gasteiger partial charge in [0.15, 0.2) is 9.84 Å². The Morgan fingerprint density at radius 1 is 1.26 bits per heavy atom. The molecule has 1 aromatic carbocycles. The number of rotatable bonds is 6. The van der Waals surface area contributed by atoms with E-state index in [0.29, 0.717) is 6.42 Å². The molecular formula is C17H17NO3S2. The van der Waals surface area contributed by atoms with Crippen molar-refractivity contribution < 1.29 is 13.2 Å². The van der Waals surface area contributed by atoms with Crippen molar-refractivity contribution in [1.82, 2.24) is 0 Å². The molecule has 6 heteroatoms. The molecule has 2 rings (SSSR count). The summed E-state index contributed by atoms with van der Waals surface area (Å²) in [6.45, 7) is 1.78. The minimum atomic E-state index is -3.49. The van der Waals surface area contributed by atoms with Crippen molar-refractivity contribution >= 4 is 27.3 Å². The van der Waals surface area contributed by atoms with E-state index < -0.39 is 9.84 Å². The van der Waals surface area contributed by atoms with Gasteiger partial charge in [0.1, 0.15) is 16.7 Å². The molecular weight excluding hydrogens is 330 g/mol. The van der Waals surface area contributed by atoms with Crippen molar-refractivity contribution in [2.45, 2.75) is 13.3 Å². The summed E-state index contributed by atoms with van der Waals surface area (Å²) in [5.41, 5.74) is 1.02. The van der Waals surface area contributed by atoms with Crippen LogP contribution < -0.4 is 4.74 Å². The highest BCUT2D eigenvalue weighted by atomic mass is 32.2. The van der Waals surface area contributed by atoms with Crippen LogP contribution in [0.15, 0.2) is 41.3 Å². The van der Waals surface area contributed by atoms with Crippen LogP contribution in [0.4, 0.5) is 0 Å². The zero-order valence-corrected chi connectivity index (χ0v) is 14.6. The SMILES string of the molecule is CCCS(=O)(=O)C(C#N)=Cc1ccc(-c2ccc(OC)cc2)s1. The molecule has 0 spiro atoms. The number of sulfone groups is 1. The Morgan fingerprint density at radius 2 is 1.96 bits per heavy atom. The molecule has 4 nitrogen and oxygen atoms in total. The number of nitriles is 1. The lowest BCUT2D eigenvalue weighted by Gasteiger charge is -2.01. The molecule has 0 bridgehead atoms. The molecule has 0 saturated heterocycles. The van der Waals surface area contributed by atoms with E-state index in [1.165, 1.54) is 17.4 Å². The highest BCUT2D eigenvalue weighted by Crippen LogP contribution is 2.31. The van der Waals surface area contributed by atoms with Crippen LogP contribution in [0.2, 0.25) is 0 Å². The highest BCUT2D eigenvalue weighted by Gasteiger charge is 2.16. The van der Waals surface area contributed by atoms with Gasteiger partial charge in [-0.2, -0.15) is 5.26 Å². The average Bonchev–Trinajstić information content (AvgIpc) is 3.01. The summed E-state index contributed by atoms with van der Waals surface area (Å²) in [4.78, 5) is 1.57. The molecule has 0 atom stereocenters. The number of hydrogen-bond acceptors (Lipinski definition) is 5. The summed E-state index contributed by atoms with van der Waals surface area (Å²) in [7, 11) is -1.88. The first-order chi connectivity index (χ1) is 11.0. The zero-order valence-electron chi connectivity index (χ0n) is 12.9. The van der Waals surface area contributed by atoms with E-state index in [4.69, 9.17) is 10.00 Å². The fourth-order valence-electron chi connectivity index (χ4n) is 2.04. The summed E-state index contributed by atoms with van der Waals surface area (Å²) >= 11 is 1.44. The topological polar surface area (TPSA) is 67.2 Å². The Kier molecular flexibility index (Phi) is 5.59. The number of thiophene rings is 1. The quantitative estimate of drug-likeness (QED) is 0.737. The Morgan fingerprint density at radius 3 is 2.52 bits per heavy atom. The van der Waals surface area contributed by atoms with E-state index in [1.807, 2.05) is 36.4 Å². The molecule has 0 aliphatic heterocycles. The van der Waals surface area contributed by atoms with Gasteiger partial charge >= 0.3 is 0 Å². The van der Waals surface area contributed by atoms with Crippen LogP contribution in [0.5, 0.6) is 5.75 Å². The number of allylic oxidation sites excluding steroid dienone is 1. The largest absolute Gasteiger partial charge is 0.497 e. The lowest BCUT2D eigenvalue weighted by molar-refractivity contribution is 0.415. The summed E-state index contributed by atoms with van der Waals surface area (Å²) in [6, 6.07) is 13.2. The van der Waals surface area contributed by atoms with Crippen molar-refractivity contribution in [2.24, 2.45) is 0 Å². The number of ether oxygens (including phenoxy) is 1. The molecule has 120 valence electrons. The third kappa shape index (κ3) is 4.21. The van der Waals surface area contributed by atoms with E-state index in [-0.39, 0.29) is 10.7 Å². The first kappa shape index (κ1) is 17.3. The maximum atomic E-state index is 12.0. The highest BCUT2D eigenvalue weighted by molar-refractivity contribution is 7.95. The summed E-state index contributed by atoms with van der Waals surface area (Å²) in [5, 5.41) is 9.12. The molecule has 23 heavy (non-hydrogen) atoms. The van der Waals surface area contributed by atoms with E-state index >= 15 is 0 Å². The third-order valence-electron chi connectivity index (χ3n) is 3.19. The Bertz CT molecular complexity index is 841. The normalized spacial score (nSPS) is 12.0. The van der Waals surface area contributed by atoms with Crippen LogP contribution in [-0.4, -0.2) is 21.3 Å². The molecule has 0 fully saturated rings. The van der Waals surface area contributed by atoms with Crippen LogP contribution in [0, 0.1) is 11.3 Å². The molecule has 0 radical (unpaired) electrons. The molecule has 2 aromatic rings. The molecule has 1 heterocycles. The van der Waals surface area contributed by atoms with Gasteiger partial charge in [0.05, 0.1) is 12.9 Å². The van der Waals surface area contributed by atoms with Crippen molar-refractivity contribution in [1.29, 1.82) is 5.26 Å². The zero-order chi connectivity index (χ0) is 16.9. The minimum absolute atomic E-state index is 0.0108. The maximum Gasteiger partial charge on any atom is 0.188 e. The van der Waals surface area contributed by atoms with Gasteiger partial charge in [-0.25, -0.2) is 8.42 Å². The second-order valence-electron chi connectivity index (χ2n) is 4.87. The minimum Gasteiger partial charge on any atom is -0.497 e. The monoisotopic (exact) mass is 347 g/mol. The third-order valence-corrected chi connectivity index (χ3v) is 6.10. The van der Waals surface area contributed by atoms with Gasteiger partial charge < -0.3 is 4.74 Å². The molecule has 0 amide bonds. The standard InChI is InChI=1S/C17H17NO3S2/c1-3-10-23(19,20)16(12-18)11-15-8-9-17(22-15)13-4-6-14(21-2)7-5-13/h4-9,11H,3,10H2,1-2H3. The summed E-state index contributed by atoms with van der Waals surface area (Å²) in [6.07, 6.45) is 1.94. The fraction of sp³-hybridized carbons (Fsp3) is 0.235. The van der Waals surface area contributed by atoms with Gasteiger partial charge in [-0.15, -0.1) is 11.3 Å². The Hall–Kier alpha value is -2.10. The van der Waals surface area contributed by atoms with Gasteiger partial charge in [0.2, 0.25) is 0 Å². The summed E-state index contributed by atoms with van der Waals surface area (Å²) in [5.74, 6) is 0.770. The van der Waals surface area contributed by atoms with Gasteiger partial charge in [0, 0.05) is 9.75 Å². The van der Waals surface area contributed by atoms with E-state index in [1.54, 1.807) is 20.1 Å². The summed E-state index contributed by atoms with van der Waals surface area (Å²) < 4.78 is 29.2. The maximum absolute atomic E-state index is 12.0. The van der Waals surface area contributed by atoms with E-state index in [9.17, 15) is 8.42 Å².